The zero-order valence-corrected chi connectivity index (χ0v) is 11.4. The van der Waals surface area contributed by atoms with Crippen LogP contribution in [0, 0.1) is 0 Å². The molecule has 4 heteroatoms. The highest BCUT2D eigenvalue weighted by atomic mass is 16.5. The third-order valence-corrected chi connectivity index (χ3v) is 3.15. The van der Waals surface area contributed by atoms with Crippen molar-refractivity contribution >= 4 is 5.91 Å². The number of likely N-dealkylation sites (N-methyl/N-ethyl adjacent to an activating group) is 1. The van der Waals surface area contributed by atoms with Gasteiger partial charge in [-0.25, -0.2) is 0 Å². The summed E-state index contributed by atoms with van der Waals surface area (Å²) < 4.78 is 5.48. The van der Waals surface area contributed by atoms with Crippen LogP contribution < -0.4 is 5.32 Å². The summed E-state index contributed by atoms with van der Waals surface area (Å²) >= 11 is 0. The lowest BCUT2D eigenvalue weighted by Crippen LogP contribution is -2.49. The van der Waals surface area contributed by atoms with Gasteiger partial charge in [-0.15, -0.1) is 0 Å². The molecule has 0 bridgehead atoms. The number of carbonyl (C=O) groups excluding carboxylic acids is 1. The van der Waals surface area contributed by atoms with Gasteiger partial charge in [-0.1, -0.05) is 0 Å². The van der Waals surface area contributed by atoms with Crippen LogP contribution in [0.25, 0.3) is 0 Å². The van der Waals surface area contributed by atoms with E-state index < -0.39 is 0 Å². The van der Waals surface area contributed by atoms with Crippen molar-refractivity contribution in [1.82, 2.24) is 10.2 Å². The van der Waals surface area contributed by atoms with Crippen LogP contribution in [0.1, 0.15) is 39.5 Å². The summed E-state index contributed by atoms with van der Waals surface area (Å²) in [7, 11) is 1.86. The van der Waals surface area contributed by atoms with Gasteiger partial charge in [0.05, 0.1) is 12.1 Å². The highest BCUT2D eigenvalue weighted by Gasteiger charge is 2.26. The number of amides is 1. The number of unbranched alkanes of at least 4 members (excludes halogenated alkanes) is 1. The Morgan fingerprint density at radius 2 is 2.24 bits per heavy atom. The molecule has 1 unspecified atom stereocenters. The molecule has 1 N–H and O–H groups in total. The van der Waals surface area contributed by atoms with Crippen molar-refractivity contribution in [3.8, 4) is 0 Å². The second-order valence-corrected chi connectivity index (χ2v) is 4.94. The molecule has 0 saturated carbocycles. The van der Waals surface area contributed by atoms with E-state index >= 15 is 0 Å². The number of nitrogens with zero attached hydrogens (tertiary/aromatic N) is 1. The van der Waals surface area contributed by atoms with Gasteiger partial charge in [0.2, 0.25) is 5.91 Å². The lowest BCUT2D eigenvalue weighted by molar-refractivity contribution is -0.135. The maximum Gasteiger partial charge on any atom is 0.239 e. The lowest BCUT2D eigenvalue weighted by atomic mass is 10.0. The van der Waals surface area contributed by atoms with Crippen molar-refractivity contribution in [2.75, 3.05) is 26.7 Å². The first kappa shape index (κ1) is 14.5. The quantitative estimate of drug-likeness (QED) is 0.686. The van der Waals surface area contributed by atoms with Crippen LogP contribution in [0.5, 0.6) is 0 Å². The van der Waals surface area contributed by atoms with Crippen molar-refractivity contribution < 1.29 is 9.53 Å². The first-order chi connectivity index (χ1) is 8.15. The molecule has 1 amide bonds. The average molecular weight is 242 g/mol. The molecule has 1 aliphatic rings. The third-order valence-electron chi connectivity index (χ3n) is 3.15. The molecular weight excluding hydrogens is 216 g/mol. The molecule has 1 aliphatic heterocycles. The molecule has 100 valence electrons. The molecular formula is C13H26N2O2. The third kappa shape index (κ3) is 5.04. The van der Waals surface area contributed by atoms with E-state index in [1.54, 1.807) is 0 Å². The minimum Gasteiger partial charge on any atom is -0.379 e. The molecule has 1 rings (SSSR count). The molecule has 17 heavy (non-hydrogen) atoms. The summed E-state index contributed by atoms with van der Waals surface area (Å²) in [6, 6.07) is 0.0377. The van der Waals surface area contributed by atoms with Crippen molar-refractivity contribution in [3.05, 3.63) is 0 Å². The summed E-state index contributed by atoms with van der Waals surface area (Å²) in [6.45, 7) is 6.69. The SMILES string of the molecule is CNC1CCCN(CCCCOC(C)C)C1=O. The number of ether oxygens (including phenoxy) is 1. The maximum absolute atomic E-state index is 12.0. The molecule has 0 aromatic heterocycles. The fraction of sp³-hybridized carbons (Fsp3) is 0.923. The van der Waals surface area contributed by atoms with Crippen molar-refractivity contribution in [2.24, 2.45) is 0 Å². The summed E-state index contributed by atoms with van der Waals surface area (Å²) in [6.07, 6.45) is 4.46. The Morgan fingerprint density at radius 1 is 1.47 bits per heavy atom. The molecule has 0 spiro atoms. The normalized spacial score (nSPS) is 21.3. The molecule has 1 saturated heterocycles. The van der Waals surface area contributed by atoms with Crippen LogP contribution in [0.3, 0.4) is 0 Å². The fourth-order valence-corrected chi connectivity index (χ4v) is 2.15. The monoisotopic (exact) mass is 242 g/mol. The number of carbonyl (C=O) groups is 1. The number of hydrogen-bond donors (Lipinski definition) is 1. The van der Waals surface area contributed by atoms with E-state index in [2.05, 4.69) is 5.32 Å². The molecule has 0 radical (unpaired) electrons. The van der Waals surface area contributed by atoms with Crippen molar-refractivity contribution in [2.45, 2.75) is 51.7 Å². The smallest absolute Gasteiger partial charge is 0.239 e. The Morgan fingerprint density at radius 3 is 2.88 bits per heavy atom. The van der Waals surface area contributed by atoms with Gasteiger partial charge in [0, 0.05) is 19.7 Å². The van der Waals surface area contributed by atoms with E-state index in [4.69, 9.17) is 4.74 Å². The predicted molar refractivity (Wildman–Crippen MR) is 69.0 cm³/mol. The minimum absolute atomic E-state index is 0.0377. The summed E-state index contributed by atoms with van der Waals surface area (Å²) in [5.74, 6) is 0.267. The van der Waals surface area contributed by atoms with Gasteiger partial charge in [-0.05, 0) is 46.6 Å². The molecule has 0 aromatic rings. The Hall–Kier alpha value is -0.610. The summed E-state index contributed by atoms with van der Waals surface area (Å²) in [5, 5.41) is 3.08. The Bertz CT molecular complexity index is 231. The van der Waals surface area contributed by atoms with E-state index in [0.29, 0.717) is 6.10 Å². The first-order valence-corrected chi connectivity index (χ1v) is 6.72. The molecule has 1 heterocycles. The van der Waals surface area contributed by atoms with Crippen LogP contribution in [0.15, 0.2) is 0 Å². The van der Waals surface area contributed by atoms with Crippen molar-refractivity contribution in [1.29, 1.82) is 0 Å². The van der Waals surface area contributed by atoms with Crippen LogP contribution in [0.2, 0.25) is 0 Å². The molecule has 4 nitrogen and oxygen atoms in total. The van der Waals surface area contributed by atoms with Gasteiger partial charge in [-0.3, -0.25) is 4.79 Å². The Labute approximate surface area is 105 Å². The van der Waals surface area contributed by atoms with Crippen molar-refractivity contribution in [3.63, 3.8) is 0 Å². The predicted octanol–water partition coefficient (Wildman–Crippen LogP) is 1.40. The highest BCUT2D eigenvalue weighted by molar-refractivity contribution is 5.82. The number of nitrogens with one attached hydrogen (secondary N) is 1. The van der Waals surface area contributed by atoms with Gasteiger partial charge in [-0.2, -0.15) is 0 Å². The summed E-state index contributed by atoms with van der Waals surface area (Å²) in [4.78, 5) is 13.9. The van der Waals surface area contributed by atoms with E-state index in [0.717, 1.165) is 45.4 Å². The topological polar surface area (TPSA) is 41.6 Å². The first-order valence-electron chi connectivity index (χ1n) is 6.72. The standard InChI is InChI=1S/C13H26N2O2/c1-11(2)17-10-5-4-8-15-9-6-7-12(14-3)13(15)16/h11-12,14H,4-10H2,1-3H3. The minimum atomic E-state index is 0.0377. The van der Waals surface area contributed by atoms with Crippen LogP contribution in [-0.2, 0) is 9.53 Å². The van der Waals surface area contributed by atoms with E-state index in [1.165, 1.54) is 0 Å². The molecule has 1 fully saturated rings. The van der Waals surface area contributed by atoms with Gasteiger partial charge in [0.1, 0.15) is 0 Å². The Balaban J connectivity index is 2.15. The van der Waals surface area contributed by atoms with Gasteiger partial charge in [0.15, 0.2) is 0 Å². The Kier molecular flexibility index (Phi) is 6.52. The lowest BCUT2D eigenvalue weighted by Gasteiger charge is -2.32. The molecule has 0 aliphatic carbocycles. The van der Waals surface area contributed by atoms with Gasteiger partial charge >= 0.3 is 0 Å². The number of hydrogen-bond acceptors (Lipinski definition) is 3. The van der Waals surface area contributed by atoms with E-state index in [-0.39, 0.29) is 11.9 Å². The molecule has 1 atom stereocenters. The zero-order valence-electron chi connectivity index (χ0n) is 11.4. The highest BCUT2D eigenvalue weighted by Crippen LogP contribution is 2.12. The van der Waals surface area contributed by atoms with Crippen LogP contribution in [-0.4, -0.2) is 49.7 Å². The van der Waals surface area contributed by atoms with E-state index in [9.17, 15) is 4.79 Å². The summed E-state index contributed by atoms with van der Waals surface area (Å²) in [5.41, 5.74) is 0. The maximum atomic E-state index is 12.0. The van der Waals surface area contributed by atoms with Crippen LogP contribution in [0.4, 0.5) is 0 Å². The molecule has 0 aromatic carbocycles. The van der Waals surface area contributed by atoms with E-state index in [1.807, 2.05) is 25.8 Å². The van der Waals surface area contributed by atoms with Gasteiger partial charge in [0.25, 0.3) is 0 Å². The number of piperidine rings is 1. The van der Waals surface area contributed by atoms with Gasteiger partial charge < -0.3 is 15.0 Å². The average Bonchev–Trinajstić information content (AvgIpc) is 2.30. The number of likely N-dealkylation sites (tertiary alicyclic amines) is 1. The number of rotatable bonds is 7. The second-order valence-electron chi connectivity index (χ2n) is 4.94. The fourth-order valence-electron chi connectivity index (χ4n) is 2.15. The largest absolute Gasteiger partial charge is 0.379 e. The van der Waals surface area contributed by atoms with Crippen LogP contribution >= 0.6 is 0 Å². The zero-order chi connectivity index (χ0) is 12.7. The second kappa shape index (κ2) is 7.67.